The van der Waals surface area contributed by atoms with Crippen molar-refractivity contribution in [2.24, 2.45) is 0 Å². The summed E-state index contributed by atoms with van der Waals surface area (Å²) in [5.41, 5.74) is 5.91. The van der Waals surface area contributed by atoms with Gasteiger partial charge in [0.1, 0.15) is 0 Å². The molecule has 0 aliphatic carbocycles. The Hall–Kier alpha value is -0.730. The van der Waals surface area contributed by atoms with Crippen LogP contribution in [0.15, 0.2) is 18.2 Å². The first-order valence-corrected chi connectivity index (χ1v) is 3.62. The van der Waals surface area contributed by atoms with E-state index < -0.39 is 5.24 Å². The summed E-state index contributed by atoms with van der Waals surface area (Å²) in [6, 6.07) is 4.79. The molecular formula is C7H5Cl2NO. The van der Waals surface area contributed by atoms with Gasteiger partial charge in [-0.3, -0.25) is 4.79 Å². The summed E-state index contributed by atoms with van der Waals surface area (Å²) in [4.78, 5) is 10.7. The molecule has 0 unspecified atom stereocenters. The third kappa shape index (κ3) is 1.64. The predicted octanol–water partition coefficient (Wildman–Crippen LogP) is 2.30. The van der Waals surface area contributed by atoms with Crippen molar-refractivity contribution >= 4 is 34.1 Å². The molecule has 0 spiro atoms. The molecule has 0 aromatic heterocycles. The summed E-state index contributed by atoms with van der Waals surface area (Å²) in [6.45, 7) is 0. The second-order valence-electron chi connectivity index (χ2n) is 1.98. The number of carbonyl (C=O) groups excluding carboxylic acids is 1. The number of rotatable bonds is 1. The lowest BCUT2D eigenvalue weighted by atomic mass is 10.2. The van der Waals surface area contributed by atoms with Gasteiger partial charge < -0.3 is 5.73 Å². The highest BCUT2D eigenvalue weighted by atomic mass is 35.5. The molecule has 0 saturated heterocycles. The zero-order valence-electron chi connectivity index (χ0n) is 5.47. The molecule has 11 heavy (non-hydrogen) atoms. The molecule has 0 bridgehead atoms. The van der Waals surface area contributed by atoms with Crippen LogP contribution in [0.1, 0.15) is 10.4 Å². The van der Waals surface area contributed by atoms with E-state index in [0.29, 0.717) is 5.69 Å². The van der Waals surface area contributed by atoms with Gasteiger partial charge in [0.05, 0.1) is 10.6 Å². The Morgan fingerprint density at radius 2 is 2.09 bits per heavy atom. The maximum atomic E-state index is 10.7. The van der Waals surface area contributed by atoms with Crippen LogP contribution >= 0.6 is 23.2 Å². The highest BCUT2D eigenvalue weighted by molar-refractivity contribution is 6.69. The fraction of sp³-hybridized carbons (Fsp3) is 0. The van der Waals surface area contributed by atoms with E-state index in [1.54, 1.807) is 18.2 Å². The van der Waals surface area contributed by atoms with Crippen LogP contribution in [0.4, 0.5) is 5.69 Å². The summed E-state index contributed by atoms with van der Waals surface area (Å²) in [5.74, 6) is 0. The molecule has 0 aliphatic rings. The first kappa shape index (κ1) is 8.37. The van der Waals surface area contributed by atoms with Crippen molar-refractivity contribution in [1.29, 1.82) is 0 Å². The Morgan fingerprint density at radius 3 is 2.45 bits per heavy atom. The van der Waals surface area contributed by atoms with E-state index in [9.17, 15) is 4.79 Å². The Kier molecular flexibility index (Phi) is 2.37. The molecule has 0 heterocycles. The van der Waals surface area contributed by atoms with Gasteiger partial charge >= 0.3 is 0 Å². The highest BCUT2D eigenvalue weighted by Gasteiger charge is 2.09. The standard InChI is InChI=1S/C7H5Cl2NO/c8-4-2-1-3-5(10)6(4)7(9)11/h1-3H,10H2. The molecule has 0 fully saturated rings. The molecule has 58 valence electrons. The maximum absolute atomic E-state index is 10.7. The van der Waals surface area contributed by atoms with Crippen molar-refractivity contribution in [3.8, 4) is 0 Å². The predicted molar refractivity (Wildman–Crippen MR) is 46.0 cm³/mol. The summed E-state index contributed by atoms with van der Waals surface area (Å²) in [7, 11) is 0. The summed E-state index contributed by atoms with van der Waals surface area (Å²) >= 11 is 10.8. The van der Waals surface area contributed by atoms with Crippen LogP contribution in [0.25, 0.3) is 0 Å². The van der Waals surface area contributed by atoms with E-state index in [2.05, 4.69) is 0 Å². The van der Waals surface area contributed by atoms with Gasteiger partial charge in [0.15, 0.2) is 0 Å². The quantitative estimate of drug-likeness (QED) is 0.545. The van der Waals surface area contributed by atoms with E-state index in [0.717, 1.165) is 0 Å². The van der Waals surface area contributed by atoms with Crippen molar-refractivity contribution in [3.05, 3.63) is 28.8 Å². The summed E-state index contributed by atoms with van der Waals surface area (Å²) in [6.07, 6.45) is 0. The average Bonchev–Trinajstić information content (AvgIpc) is 1.85. The van der Waals surface area contributed by atoms with Crippen molar-refractivity contribution in [2.75, 3.05) is 5.73 Å². The van der Waals surface area contributed by atoms with Crippen molar-refractivity contribution in [2.45, 2.75) is 0 Å². The van der Waals surface area contributed by atoms with Gasteiger partial charge in [-0.05, 0) is 23.7 Å². The van der Waals surface area contributed by atoms with Crippen molar-refractivity contribution in [3.63, 3.8) is 0 Å². The van der Waals surface area contributed by atoms with E-state index >= 15 is 0 Å². The minimum absolute atomic E-state index is 0.177. The smallest absolute Gasteiger partial charge is 0.255 e. The molecule has 1 rings (SSSR count). The van der Waals surface area contributed by atoms with Gasteiger partial charge in [-0.25, -0.2) is 0 Å². The molecule has 0 saturated carbocycles. The number of halogens is 2. The van der Waals surface area contributed by atoms with Crippen LogP contribution in [0, 0.1) is 0 Å². The molecule has 2 N–H and O–H groups in total. The lowest BCUT2D eigenvalue weighted by molar-refractivity contribution is 0.108. The van der Waals surface area contributed by atoms with Gasteiger partial charge in [-0.2, -0.15) is 0 Å². The minimum atomic E-state index is -0.631. The summed E-state index contributed by atoms with van der Waals surface area (Å²) < 4.78 is 0. The SMILES string of the molecule is Nc1cccc(Cl)c1C(=O)Cl. The second kappa shape index (κ2) is 3.11. The second-order valence-corrected chi connectivity index (χ2v) is 2.73. The first-order chi connectivity index (χ1) is 5.13. The number of hydrogen-bond donors (Lipinski definition) is 1. The van der Waals surface area contributed by atoms with Crippen LogP contribution in [0.3, 0.4) is 0 Å². The first-order valence-electron chi connectivity index (χ1n) is 2.86. The normalized spacial score (nSPS) is 9.64. The topological polar surface area (TPSA) is 43.1 Å². The van der Waals surface area contributed by atoms with E-state index in [-0.39, 0.29) is 10.6 Å². The lowest BCUT2D eigenvalue weighted by Crippen LogP contribution is -1.97. The molecule has 1 aromatic rings. The van der Waals surface area contributed by atoms with Gasteiger partial charge in [0.25, 0.3) is 5.24 Å². The Labute approximate surface area is 73.9 Å². The van der Waals surface area contributed by atoms with E-state index in [1.165, 1.54) is 0 Å². The Bertz CT molecular complexity index is 278. The molecule has 0 aliphatic heterocycles. The van der Waals surface area contributed by atoms with Gasteiger partial charge in [-0.1, -0.05) is 17.7 Å². The van der Waals surface area contributed by atoms with E-state index in [1.807, 2.05) is 0 Å². The number of anilines is 1. The number of nitrogens with two attached hydrogens (primary N) is 1. The molecule has 1 aromatic carbocycles. The molecule has 0 amide bonds. The van der Waals surface area contributed by atoms with Crippen LogP contribution < -0.4 is 5.73 Å². The highest BCUT2D eigenvalue weighted by Crippen LogP contribution is 2.23. The molecule has 4 heteroatoms. The number of benzene rings is 1. The molecule has 2 nitrogen and oxygen atoms in total. The van der Waals surface area contributed by atoms with Crippen molar-refractivity contribution in [1.82, 2.24) is 0 Å². The third-order valence-electron chi connectivity index (χ3n) is 1.24. The zero-order chi connectivity index (χ0) is 8.43. The van der Waals surface area contributed by atoms with E-state index in [4.69, 9.17) is 28.9 Å². The van der Waals surface area contributed by atoms with Gasteiger partial charge in [0, 0.05) is 5.69 Å². The average molecular weight is 190 g/mol. The molecule has 0 atom stereocenters. The van der Waals surface area contributed by atoms with Gasteiger partial charge in [0.2, 0.25) is 0 Å². The number of nitrogen functional groups attached to an aromatic ring is 1. The molecule has 0 radical (unpaired) electrons. The van der Waals surface area contributed by atoms with Crippen LogP contribution in [-0.4, -0.2) is 5.24 Å². The number of carbonyl (C=O) groups is 1. The minimum Gasteiger partial charge on any atom is -0.398 e. The summed E-state index contributed by atoms with van der Waals surface area (Å²) in [5, 5.41) is -0.349. The van der Waals surface area contributed by atoms with Crippen LogP contribution in [0.5, 0.6) is 0 Å². The van der Waals surface area contributed by atoms with Crippen molar-refractivity contribution < 1.29 is 4.79 Å². The molecular weight excluding hydrogens is 185 g/mol. The fourth-order valence-corrected chi connectivity index (χ4v) is 1.28. The zero-order valence-corrected chi connectivity index (χ0v) is 6.99. The Morgan fingerprint density at radius 1 is 1.45 bits per heavy atom. The maximum Gasteiger partial charge on any atom is 0.255 e. The van der Waals surface area contributed by atoms with Gasteiger partial charge in [-0.15, -0.1) is 0 Å². The Balaban J connectivity index is 3.32. The largest absolute Gasteiger partial charge is 0.398 e. The lowest BCUT2D eigenvalue weighted by Gasteiger charge is -2.00. The van der Waals surface area contributed by atoms with Crippen LogP contribution in [-0.2, 0) is 0 Å². The van der Waals surface area contributed by atoms with Crippen LogP contribution in [0.2, 0.25) is 5.02 Å². The fourth-order valence-electron chi connectivity index (χ4n) is 0.748. The monoisotopic (exact) mass is 189 g/mol. The number of hydrogen-bond acceptors (Lipinski definition) is 2. The third-order valence-corrected chi connectivity index (χ3v) is 1.75.